The molecule has 2 fully saturated rings. The van der Waals surface area contributed by atoms with Gasteiger partial charge in [-0.05, 0) is 223 Å². The lowest BCUT2D eigenvalue weighted by molar-refractivity contribution is -0.126. The van der Waals surface area contributed by atoms with E-state index in [0.717, 1.165) is 148 Å². The average Bonchev–Trinajstić information content (AvgIpc) is 1.65. The van der Waals surface area contributed by atoms with Gasteiger partial charge in [0, 0.05) is 130 Å². The number of hydrogen-bond acceptors (Lipinski definition) is 14. The summed E-state index contributed by atoms with van der Waals surface area (Å²) in [5.74, 6) is 12.6. The molecule has 12 unspecified atom stereocenters. The number of nitrogens with one attached hydrogen (secondary N) is 2. The van der Waals surface area contributed by atoms with Gasteiger partial charge in [0.1, 0.15) is 0 Å². The zero-order chi connectivity index (χ0) is 70.9. The highest BCUT2D eigenvalue weighted by molar-refractivity contribution is 8.01. The molecule has 2 N–H and O–H groups in total. The number of hydrogen-bond donors (Lipinski definition) is 2. The Morgan fingerprint density at radius 3 is 0.865 bits per heavy atom. The van der Waals surface area contributed by atoms with Gasteiger partial charge >= 0.3 is 0 Å². The number of thioether (sulfide) groups is 6. The van der Waals surface area contributed by atoms with Crippen LogP contribution < -0.4 is 10.6 Å². The van der Waals surface area contributed by atoms with Crippen LogP contribution in [0.25, 0.3) is 0 Å². The SMILES string of the molecule is CC(C)C(CCC(C)C(CCC1CCC(C(=O)NCCCCCCCCCCCCCCCCCCCCNC(=O)C2CCC(CCC(SCCN(C)C)C(C)CCC(SCCN(C)C)C(C)C)C(SCCN(C)C)C2)CC1SCCN(C)C)SCCN(C)C)SCCN(C)C. The van der Waals surface area contributed by atoms with Gasteiger partial charge < -0.3 is 40.0 Å². The van der Waals surface area contributed by atoms with Crippen LogP contribution in [0.15, 0.2) is 0 Å². The number of carbonyl (C=O) groups is 2. The lowest BCUT2D eigenvalue weighted by Crippen LogP contribution is -2.38. The molecule has 570 valence electrons. The van der Waals surface area contributed by atoms with Crippen LogP contribution >= 0.6 is 70.6 Å². The highest BCUT2D eigenvalue weighted by Gasteiger charge is 2.37. The predicted molar refractivity (Wildman–Crippen MR) is 445 cm³/mol. The van der Waals surface area contributed by atoms with Gasteiger partial charge in [0.05, 0.1) is 0 Å². The van der Waals surface area contributed by atoms with Crippen molar-refractivity contribution < 1.29 is 9.59 Å². The van der Waals surface area contributed by atoms with Crippen molar-refractivity contribution in [2.75, 3.05) is 171 Å². The van der Waals surface area contributed by atoms with Gasteiger partial charge in [-0.25, -0.2) is 0 Å². The van der Waals surface area contributed by atoms with Crippen LogP contribution in [-0.4, -0.2) is 244 Å². The third kappa shape index (κ3) is 48.0. The molecule has 0 aliphatic heterocycles. The molecule has 0 bridgehead atoms. The van der Waals surface area contributed by atoms with Gasteiger partial charge in [0.25, 0.3) is 0 Å². The largest absolute Gasteiger partial charge is 0.356 e. The molecule has 2 rings (SSSR count). The molecule has 2 aliphatic rings. The van der Waals surface area contributed by atoms with Gasteiger partial charge in [-0.3, -0.25) is 9.59 Å². The van der Waals surface area contributed by atoms with E-state index in [2.05, 4.69) is 237 Å². The summed E-state index contributed by atoms with van der Waals surface area (Å²) in [4.78, 5) is 41.3. The summed E-state index contributed by atoms with van der Waals surface area (Å²) >= 11 is 13.3. The van der Waals surface area contributed by atoms with E-state index in [1.807, 2.05) is 0 Å². The molecule has 0 aromatic carbocycles. The predicted octanol–water partition coefficient (Wildman–Crippen LogP) is 18.8. The Hall–Kier alpha value is 0.800. The second-order valence-electron chi connectivity index (χ2n) is 32.5. The molecule has 12 atom stereocenters. The molecule has 16 heteroatoms. The van der Waals surface area contributed by atoms with Gasteiger partial charge in [0.2, 0.25) is 11.8 Å². The molecule has 0 saturated heterocycles. The molecule has 0 spiro atoms. The number of amides is 2. The number of unbranched alkanes of at least 4 members (excludes halogenated alkanes) is 17. The Morgan fingerprint density at radius 1 is 0.333 bits per heavy atom. The summed E-state index contributed by atoms with van der Waals surface area (Å²) in [7, 11) is 26.4. The summed E-state index contributed by atoms with van der Waals surface area (Å²) in [6, 6.07) is 0. The zero-order valence-corrected chi connectivity index (χ0v) is 71.5. The van der Waals surface area contributed by atoms with Crippen molar-refractivity contribution in [2.45, 2.75) is 279 Å². The lowest BCUT2D eigenvalue weighted by Gasteiger charge is -2.37. The summed E-state index contributed by atoms with van der Waals surface area (Å²) in [6.45, 7) is 23.4. The standard InChI is InChI=1S/C80H162N8O2S6/c1-65(2)73(91-57-51-83(7)8)45-37-67(5)75(93-59-53-85(11)12)47-43-69-39-41-71(63-77(69)95-61-55-87(15)16)79(89)81-49-35-33-31-29-27-25-23-21-19-20-22-24-26-28-30-32-34-36-50-82-80(90)72-42-40-70(78(64-72)96-62-56-88(17)18)44-48-76(94-60-54-86(13)14)68(6)38-46-74(66(3)4)92-58-52-84(9)10/h65-78H,19-64H2,1-18H3,(H,81,89)(H,82,90). The van der Waals surface area contributed by atoms with Crippen molar-refractivity contribution in [3.8, 4) is 0 Å². The first-order valence-electron chi connectivity index (χ1n) is 40.1. The molecule has 96 heavy (non-hydrogen) atoms. The van der Waals surface area contributed by atoms with E-state index in [1.165, 1.54) is 190 Å². The van der Waals surface area contributed by atoms with Crippen LogP contribution in [0.4, 0.5) is 0 Å². The topological polar surface area (TPSA) is 77.6 Å². The fourth-order valence-corrected chi connectivity index (χ4v) is 23.7. The number of carbonyl (C=O) groups excluding carboxylic acids is 2. The Morgan fingerprint density at radius 2 is 0.594 bits per heavy atom. The third-order valence-electron chi connectivity index (χ3n) is 21.2. The number of rotatable bonds is 63. The molecule has 2 amide bonds. The van der Waals surface area contributed by atoms with Gasteiger partial charge in [-0.2, -0.15) is 70.6 Å². The Bertz CT molecular complexity index is 1690. The Kier molecular flexibility index (Phi) is 57.1. The average molecular weight is 1460 g/mol. The monoisotopic (exact) mass is 1460 g/mol. The smallest absolute Gasteiger partial charge is 0.223 e. The van der Waals surface area contributed by atoms with E-state index in [0.29, 0.717) is 32.8 Å². The summed E-state index contributed by atoms with van der Waals surface area (Å²) < 4.78 is 0. The van der Waals surface area contributed by atoms with E-state index in [4.69, 9.17) is 0 Å². The van der Waals surface area contributed by atoms with Gasteiger partial charge in [-0.1, -0.05) is 144 Å². The fraction of sp³-hybridized carbons (Fsp3) is 0.975. The molecular formula is C80H162N8O2S6. The molecular weight excluding hydrogens is 1300 g/mol. The van der Waals surface area contributed by atoms with Crippen molar-refractivity contribution in [2.24, 2.45) is 47.3 Å². The van der Waals surface area contributed by atoms with Gasteiger partial charge in [0.15, 0.2) is 0 Å². The maximum absolute atomic E-state index is 13.7. The molecule has 0 aromatic heterocycles. The Labute approximate surface area is 624 Å². The van der Waals surface area contributed by atoms with Crippen LogP contribution in [0.1, 0.15) is 247 Å². The minimum absolute atomic E-state index is 0.180. The quantitative estimate of drug-likeness (QED) is 0.0568. The molecule has 2 aliphatic carbocycles. The summed E-state index contributed by atoms with van der Waals surface area (Å²) in [5.41, 5.74) is 0. The minimum atomic E-state index is 0.180. The third-order valence-corrected chi connectivity index (χ3v) is 30.4. The minimum Gasteiger partial charge on any atom is -0.356 e. The van der Waals surface area contributed by atoms with Crippen molar-refractivity contribution in [3.63, 3.8) is 0 Å². The van der Waals surface area contributed by atoms with Crippen molar-refractivity contribution >= 4 is 82.4 Å². The van der Waals surface area contributed by atoms with Crippen LogP contribution in [0.2, 0.25) is 0 Å². The van der Waals surface area contributed by atoms with E-state index in [-0.39, 0.29) is 11.8 Å². The van der Waals surface area contributed by atoms with Crippen LogP contribution in [0, 0.1) is 47.3 Å². The molecule has 0 radical (unpaired) electrons. The second kappa shape index (κ2) is 59.0. The first kappa shape index (κ1) is 92.9. The molecule has 0 heterocycles. The van der Waals surface area contributed by atoms with Crippen molar-refractivity contribution in [1.82, 2.24) is 40.0 Å². The van der Waals surface area contributed by atoms with Gasteiger partial charge in [-0.15, -0.1) is 0 Å². The van der Waals surface area contributed by atoms with E-state index in [1.54, 1.807) is 0 Å². The normalized spacial score (nSPS) is 20.8. The van der Waals surface area contributed by atoms with Crippen LogP contribution in [0.5, 0.6) is 0 Å². The van der Waals surface area contributed by atoms with Crippen molar-refractivity contribution in [3.05, 3.63) is 0 Å². The first-order chi connectivity index (χ1) is 46.0. The van der Waals surface area contributed by atoms with E-state index in [9.17, 15) is 9.59 Å². The summed E-state index contributed by atoms with van der Waals surface area (Å²) in [5, 5.41) is 10.9. The maximum Gasteiger partial charge on any atom is 0.223 e. The number of nitrogens with zero attached hydrogens (tertiary/aromatic N) is 6. The Balaban J connectivity index is 1.60. The highest BCUT2D eigenvalue weighted by Crippen LogP contribution is 2.43. The zero-order valence-electron chi connectivity index (χ0n) is 66.6. The second-order valence-corrected chi connectivity index (χ2v) is 40.6. The van der Waals surface area contributed by atoms with Crippen molar-refractivity contribution in [1.29, 1.82) is 0 Å². The molecule has 10 nitrogen and oxygen atoms in total. The molecule has 0 aromatic rings. The molecule has 2 saturated carbocycles. The van der Waals surface area contributed by atoms with Crippen LogP contribution in [-0.2, 0) is 9.59 Å². The maximum atomic E-state index is 13.7. The fourth-order valence-electron chi connectivity index (χ4n) is 14.3. The summed E-state index contributed by atoms with van der Waals surface area (Å²) in [6.07, 6.45) is 41.1. The lowest BCUT2D eigenvalue weighted by atomic mass is 9.78. The first-order valence-corrected chi connectivity index (χ1v) is 46.4. The highest BCUT2D eigenvalue weighted by atomic mass is 32.2. The van der Waals surface area contributed by atoms with E-state index < -0.39 is 0 Å². The van der Waals surface area contributed by atoms with E-state index >= 15 is 0 Å². The van der Waals surface area contributed by atoms with Crippen LogP contribution in [0.3, 0.4) is 0 Å².